The second kappa shape index (κ2) is 16.5. The minimum absolute atomic E-state index is 0.399. The number of methoxy groups -OCH3 is 2. The van der Waals surface area contributed by atoms with Crippen LogP contribution < -0.4 is 15.4 Å². The lowest BCUT2D eigenvalue weighted by Crippen LogP contribution is -2.55. The first kappa shape index (κ1) is 37.2. The summed E-state index contributed by atoms with van der Waals surface area (Å²) >= 11 is 0. The van der Waals surface area contributed by atoms with E-state index >= 15 is 0 Å². The molecule has 0 bridgehead atoms. The number of nitro benzene ring substituents is 1. The maximum absolute atomic E-state index is 14.2. The highest BCUT2D eigenvalue weighted by molar-refractivity contribution is 7.89. The van der Waals surface area contributed by atoms with E-state index in [1.807, 2.05) is 10.0 Å². The van der Waals surface area contributed by atoms with Gasteiger partial charge >= 0.3 is 18.2 Å². The van der Waals surface area contributed by atoms with Gasteiger partial charge in [0.1, 0.15) is 18.1 Å². The standard InChI is InChI=1S/C31H31F3N4O9S/c1-46-29(40)24(37-48(44,45)23-18-16-22(17-19-23)38(42)43)14-9-15-25(31(32,33)34)35-28(39)27(36-30(41)47-2)26(20-10-5-3-6-11-20)21-12-7-4-8-13-21/h3-13,15-19,24-27,37H,14H2,1-2H3,(H,35,39)(H,36,41)/b15-9+/t24-,25?,27-/m0/s1. The number of alkyl carbamates (subject to hydrolysis) is 1. The minimum atomic E-state index is -5.07. The Bertz CT molecular complexity index is 1670. The topological polar surface area (TPSA) is 183 Å². The number of benzene rings is 3. The molecule has 0 radical (unpaired) electrons. The van der Waals surface area contributed by atoms with Crippen molar-refractivity contribution in [2.75, 3.05) is 14.2 Å². The molecule has 0 fully saturated rings. The summed E-state index contributed by atoms with van der Waals surface area (Å²) in [6, 6.07) is 14.3. The van der Waals surface area contributed by atoms with E-state index in [1.165, 1.54) is 0 Å². The van der Waals surface area contributed by atoms with Gasteiger partial charge in [-0.25, -0.2) is 13.2 Å². The number of hydrogen-bond acceptors (Lipinski definition) is 9. The average Bonchev–Trinajstić information content (AvgIpc) is 3.07. The van der Waals surface area contributed by atoms with Crippen LogP contribution in [0.4, 0.5) is 23.7 Å². The molecule has 2 amide bonds. The smallest absolute Gasteiger partial charge is 0.412 e. The fourth-order valence-corrected chi connectivity index (χ4v) is 5.75. The van der Waals surface area contributed by atoms with Gasteiger partial charge in [-0.3, -0.25) is 19.7 Å². The molecule has 3 atom stereocenters. The summed E-state index contributed by atoms with van der Waals surface area (Å²) in [5, 5.41) is 15.1. The van der Waals surface area contributed by atoms with Crippen LogP contribution in [0.25, 0.3) is 0 Å². The number of sulfonamides is 1. The molecule has 0 heterocycles. The quantitative estimate of drug-likeness (QED) is 0.0974. The molecule has 13 nitrogen and oxygen atoms in total. The number of carbonyl (C=O) groups excluding carboxylic acids is 3. The molecule has 0 saturated carbocycles. The molecule has 3 rings (SSSR count). The zero-order valence-electron chi connectivity index (χ0n) is 25.4. The van der Waals surface area contributed by atoms with E-state index in [9.17, 15) is 46.1 Å². The predicted molar refractivity (Wildman–Crippen MR) is 165 cm³/mol. The second-order valence-corrected chi connectivity index (χ2v) is 11.8. The molecule has 0 spiro atoms. The summed E-state index contributed by atoms with van der Waals surface area (Å²) in [7, 11) is -2.53. The average molecular weight is 693 g/mol. The number of amides is 2. The zero-order chi connectivity index (χ0) is 35.5. The molecule has 3 aromatic carbocycles. The van der Waals surface area contributed by atoms with Crippen molar-refractivity contribution in [3.05, 3.63) is 118 Å². The number of carbonyl (C=O) groups is 3. The van der Waals surface area contributed by atoms with Crippen LogP contribution in [0.3, 0.4) is 0 Å². The number of nitrogens with zero attached hydrogens (tertiary/aromatic N) is 1. The van der Waals surface area contributed by atoms with Crippen LogP contribution in [0.15, 0.2) is 102 Å². The van der Waals surface area contributed by atoms with Crippen molar-refractivity contribution in [3.8, 4) is 0 Å². The Morgan fingerprint density at radius 1 is 0.875 bits per heavy atom. The van der Waals surface area contributed by atoms with Crippen molar-refractivity contribution < 1.29 is 50.4 Å². The molecule has 3 N–H and O–H groups in total. The van der Waals surface area contributed by atoms with Crippen LogP contribution in [0.5, 0.6) is 0 Å². The molecule has 0 aliphatic rings. The number of hydrogen-bond donors (Lipinski definition) is 3. The third-order valence-corrected chi connectivity index (χ3v) is 8.37. The van der Waals surface area contributed by atoms with Gasteiger partial charge in [0, 0.05) is 18.1 Å². The first-order valence-electron chi connectivity index (χ1n) is 14.0. The highest BCUT2D eigenvalue weighted by Gasteiger charge is 2.42. The lowest BCUT2D eigenvalue weighted by atomic mass is 9.84. The van der Waals surface area contributed by atoms with Crippen molar-refractivity contribution in [3.63, 3.8) is 0 Å². The van der Waals surface area contributed by atoms with Gasteiger partial charge in [0.05, 0.1) is 24.0 Å². The van der Waals surface area contributed by atoms with Crippen LogP contribution in [0.1, 0.15) is 23.5 Å². The van der Waals surface area contributed by atoms with Crippen LogP contribution in [-0.4, -0.2) is 69.8 Å². The van der Waals surface area contributed by atoms with Crippen LogP contribution in [0, 0.1) is 10.1 Å². The Balaban J connectivity index is 1.89. The molecule has 256 valence electrons. The summed E-state index contributed by atoms with van der Waals surface area (Å²) in [4.78, 5) is 47.9. The van der Waals surface area contributed by atoms with E-state index < -0.39 is 80.1 Å². The predicted octanol–water partition coefficient (Wildman–Crippen LogP) is 3.96. The summed E-state index contributed by atoms with van der Waals surface area (Å²) in [5.74, 6) is -3.33. The number of nitro groups is 1. The fraction of sp³-hybridized carbons (Fsp3) is 0.258. The molecular weight excluding hydrogens is 661 g/mol. The number of non-ortho nitro benzene ring substituents is 1. The third kappa shape index (κ3) is 10.1. The lowest BCUT2D eigenvalue weighted by Gasteiger charge is -2.29. The zero-order valence-corrected chi connectivity index (χ0v) is 26.2. The van der Waals surface area contributed by atoms with Crippen LogP contribution >= 0.6 is 0 Å². The van der Waals surface area contributed by atoms with Gasteiger partial charge < -0.3 is 20.1 Å². The summed E-state index contributed by atoms with van der Waals surface area (Å²) in [6.45, 7) is 0. The third-order valence-electron chi connectivity index (χ3n) is 6.88. The number of alkyl halides is 3. The molecule has 3 aromatic rings. The van der Waals surface area contributed by atoms with Gasteiger partial charge in [0.2, 0.25) is 15.9 Å². The molecule has 1 unspecified atom stereocenters. The second-order valence-electron chi connectivity index (χ2n) is 10.1. The molecule has 0 aliphatic heterocycles. The highest BCUT2D eigenvalue weighted by atomic mass is 32.2. The Morgan fingerprint density at radius 2 is 1.42 bits per heavy atom. The number of nitrogens with one attached hydrogen (secondary N) is 3. The van der Waals surface area contributed by atoms with Crippen molar-refractivity contribution in [1.29, 1.82) is 0 Å². The summed E-state index contributed by atoms with van der Waals surface area (Å²) in [5.41, 5.74) is 0.602. The van der Waals surface area contributed by atoms with Crippen molar-refractivity contribution in [2.24, 2.45) is 0 Å². The van der Waals surface area contributed by atoms with Crippen LogP contribution in [0.2, 0.25) is 0 Å². The van der Waals surface area contributed by atoms with Gasteiger partial charge in [-0.2, -0.15) is 17.9 Å². The Labute approximate surface area is 273 Å². The van der Waals surface area contributed by atoms with E-state index in [0.29, 0.717) is 17.2 Å². The monoisotopic (exact) mass is 692 g/mol. The van der Waals surface area contributed by atoms with Gasteiger partial charge in [0.15, 0.2) is 0 Å². The SMILES string of the molecule is COC(=O)N[C@H](C(=O)NC(/C=C/C[C@H](NS(=O)(=O)c1ccc([N+](=O)[O-])cc1)C(=O)OC)C(F)(F)F)C(c1ccccc1)c1ccccc1. The number of rotatable bonds is 14. The lowest BCUT2D eigenvalue weighted by molar-refractivity contribution is -0.384. The fourth-order valence-electron chi connectivity index (χ4n) is 4.55. The van der Waals surface area contributed by atoms with E-state index in [0.717, 1.165) is 44.6 Å². The van der Waals surface area contributed by atoms with Crippen molar-refractivity contribution in [2.45, 2.75) is 41.5 Å². The molecule has 48 heavy (non-hydrogen) atoms. The first-order valence-corrected chi connectivity index (χ1v) is 15.5. The van der Waals surface area contributed by atoms with Crippen molar-refractivity contribution >= 4 is 33.7 Å². The van der Waals surface area contributed by atoms with Gasteiger partial charge in [0.25, 0.3) is 5.69 Å². The highest BCUT2D eigenvalue weighted by Crippen LogP contribution is 2.30. The largest absolute Gasteiger partial charge is 0.468 e. The number of halogens is 3. The molecular formula is C31H31F3N4O9S. The van der Waals surface area contributed by atoms with Gasteiger partial charge in [-0.05, 0) is 29.7 Å². The minimum Gasteiger partial charge on any atom is -0.468 e. The molecule has 0 aliphatic carbocycles. The molecule has 0 saturated heterocycles. The van der Waals surface area contributed by atoms with Gasteiger partial charge in [-0.15, -0.1) is 0 Å². The summed E-state index contributed by atoms with van der Waals surface area (Å²) < 4.78 is 79.6. The van der Waals surface area contributed by atoms with Crippen molar-refractivity contribution in [1.82, 2.24) is 15.4 Å². The maximum Gasteiger partial charge on any atom is 0.412 e. The first-order chi connectivity index (χ1) is 22.7. The molecule has 17 heteroatoms. The summed E-state index contributed by atoms with van der Waals surface area (Å²) in [6.07, 6.45) is -5.46. The Morgan fingerprint density at radius 3 is 1.88 bits per heavy atom. The normalized spacial score (nSPS) is 13.7. The van der Waals surface area contributed by atoms with Gasteiger partial charge in [-0.1, -0.05) is 72.8 Å². The Hall–Kier alpha value is -5.29. The van der Waals surface area contributed by atoms with E-state index in [1.54, 1.807) is 60.7 Å². The van der Waals surface area contributed by atoms with E-state index in [2.05, 4.69) is 14.8 Å². The number of ether oxygens (including phenoxy) is 2. The van der Waals surface area contributed by atoms with E-state index in [-0.39, 0.29) is 0 Å². The van der Waals surface area contributed by atoms with Crippen LogP contribution in [-0.2, 0) is 29.1 Å². The molecule has 0 aromatic heterocycles. The Kier molecular flexibility index (Phi) is 12.8. The number of esters is 1. The maximum atomic E-state index is 14.2. The van der Waals surface area contributed by atoms with E-state index in [4.69, 9.17) is 0 Å².